The Bertz CT molecular complexity index is 405. The van der Waals surface area contributed by atoms with Crippen molar-refractivity contribution in [2.45, 2.75) is 32.7 Å². The Morgan fingerprint density at radius 3 is 2.78 bits per heavy atom. The van der Waals surface area contributed by atoms with Gasteiger partial charge in [0.15, 0.2) is 0 Å². The van der Waals surface area contributed by atoms with Gasteiger partial charge in [-0.05, 0) is 44.0 Å². The lowest BCUT2D eigenvalue weighted by Gasteiger charge is -2.35. The van der Waals surface area contributed by atoms with Crippen molar-refractivity contribution in [2.75, 3.05) is 13.1 Å². The summed E-state index contributed by atoms with van der Waals surface area (Å²) < 4.78 is 2.00. The predicted octanol–water partition coefficient (Wildman–Crippen LogP) is 1.42. The maximum atomic E-state index is 12.4. The van der Waals surface area contributed by atoms with E-state index in [0.717, 1.165) is 37.9 Å². The van der Waals surface area contributed by atoms with E-state index in [2.05, 4.69) is 17.6 Å². The standard InChI is InChI=1S/C14H23N3O/c1-3-14(5-7-15-8-6-14)13(18)16-10-12-4-9-17(2)11-12/h4,9,11,15H,3,5-8,10H2,1-2H3,(H,16,18). The van der Waals surface area contributed by atoms with Gasteiger partial charge < -0.3 is 15.2 Å². The van der Waals surface area contributed by atoms with Crippen LogP contribution < -0.4 is 10.6 Å². The molecule has 1 aromatic rings. The van der Waals surface area contributed by atoms with Crippen LogP contribution in [0.4, 0.5) is 0 Å². The van der Waals surface area contributed by atoms with Crippen molar-refractivity contribution in [3.8, 4) is 0 Å². The summed E-state index contributed by atoms with van der Waals surface area (Å²) in [5, 5.41) is 6.42. The Kier molecular flexibility index (Phi) is 4.07. The molecule has 4 heteroatoms. The summed E-state index contributed by atoms with van der Waals surface area (Å²) in [6, 6.07) is 2.04. The average molecular weight is 249 g/mol. The second kappa shape index (κ2) is 5.57. The van der Waals surface area contributed by atoms with Crippen molar-refractivity contribution in [1.82, 2.24) is 15.2 Å². The number of nitrogens with zero attached hydrogens (tertiary/aromatic N) is 1. The number of aryl methyl sites for hydroxylation is 1. The molecule has 1 aromatic heterocycles. The Balaban J connectivity index is 1.93. The van der Waals surface area contributed by atoms with Gasteiger partial charge in [0.05, 0.1) is 5.41 Å². The van der Waals surface area contributed by atoms with Gasteiger partial charge in [0.1, 0.15) is 0 Å². The first kappa shape index (κ1) is 13.1. The molecular formula is C14H23N3O. The van der Waals surface area contributed by atoms with E-state index in [1.165, 1.54) is 0 Å². The Labute approximate surface area is 109 Å². The van der Waals surface area contributed by atoms with Crippen LogP contribution in [0.3, 0.4) is 0 Å². The zero-order valence-electron chi connectivity index (χ0n) is 11.3. The Morgan fingerprint density at radius 1 is 1.50 bits per heavy atom. The Hall–Kier alpha value is -1.29. The van der Waals surface area contributed by atoms with Gasteiger partial charge in [-0.2, -0.15) is 0 Å². The summed E-state index contributed by atoms with van der Waals surface area (Å²) in [6.45, 7) is 4.65. The summed E-state index contributed by atoms with van der Waals surface area (Å²) in [5.74, 6) is 0.218. The smallest absolute Gasteiger partial charge is 0.226 e. The fourth-order valence-electron chi connectivity index (χ4n) is 2.68. The van der Waals surface area contributed by atoms with Gasteiger partial charge in [-0.25, -0.2) is 0 Å². The van der Waals surface area contributed by atoms with Gasteiger partial charge in [-0.15, -0.1) is 0 Å². The number of nitrogens with one attached hydrogen (secondary N) is 2. The second-order valence-corrected chi connectivity index (χ2v) is 5.25. The number of carbonyl (C=O) groups is 1. The molecule has 1 fully saturated rings. The van der Waals surface area contributed by atoms with E-state index < -0.39 is 0 Å². The van der Waals surface area contributed by atoms with Crippen molar-refractivity contribution in [2.24, 2.45) is 12.5 Å². The number of piperidine rings is 1. The highest BCUT2D eigenvalue weighted by Crippen LogP contribution is 2.32. The zero-order chi connectivity index (χ0) is 13.0. The maximum Gasteiger partial charge on any atom is 0.226 e. The molecule has 0 aliphatic carbocycles. The van der Waals surface area contributed by atoms with E-state index >= 15 is 0 Å². The highest BCUT2D eigenvalue weighted by atomic mass is 16.2. The highest BCUT2D eigenvalue weighted by Gasteiger charge is 2.37. The third kappa shape index (κ3) is 2.75. The van der Waals surface area contributed by atoms with Crippen LogP contribution in [0.1, 0.15) is 31.7 Å². The van der Waals surface area contributed by atoms with E-state index in [1.54, 1.807) is 0 Å². The number of rotatable bonds is 4. The first-order valence-electron chi connectivity index (χ1n) is 6.76. The van der Waals surface area contributed by atoms with Crippen LogP contribution in [0.2, 0.25) is 0 Å². The fraction of sp³-hybridized carbons (Fsp3) is 0.643. The van der Waals surface area contributed by atoms with E-state index in [-0.39, 0.29) is 11.3 Å². The molecule has 1 aliphatic heterocycles. The molecule has 1 saturated heterocycles. The molecule has 2 N–H and O–H groups in total. The number of amides is 1. The maximum absolute atomic E-state index is 12.4. The van der Waals surface area contributed by atoms with Crippen LogP contribution >= 0.6 is 0 Å². The van der Waals surface area contributed by atoms with Gasteiger partial charge in [0.25, 0.3) is 0 Å². The highest BCUT2D eigenvalue weighted by molar-refractivity contribution is 5.82. The lowest BCUT2D eigenvalue weighted by molar-refractivity contribution is -0.133. The third-order valence-corrected chi connectivity index (χ3v) is 4.07. The summed E-state index contributed by atoms with van der Waals surface area (Å²) in [4.78, 5) is 12.4. The van der Waals surface area contributed by atoms with Crippen LogP contribution in [-0.4, -0.2) is 23.6 Å². The minimum absolute atomic E-state index is 0.153. The van der Waals surface area contributed by atoms with Crippen LogP contribution in [0.5, 0.6) is 0 Å². The molecule has 0 bridgehead atoms. The first-order valence-corrected chi connectivity index (χ1v) is 6.76. The van der Waals surface area contributed by atoms with E-state index in [1.807, 2.05) is 30.1 Å². The van der Waals surface area contributed by atoms with Crippen LogP contribution in [0.25, 0.3) is 0 Å². The second-order valence-electron chi connectivity index (χ2n) is 5.25. The van der Waals surface area contributed by atoms with Gasteiger partial charge in [0, 0.05) is 26.0 Å². The average Bonchev–Trinajstić information content (AvgIpc) is 2.82. The molecule has 0 unspecified atom stereocenters. The lowest BCUT2D eigenvalue weighted by atomic mass is 9.76. The minimum Gasteiger partial charge on any atom is -0.357 e. The number of hydrogen-bond acceptors (Lipinski definition) is 2. The normalized spacial score (nSPS) is 18.6. The molecular weight excluding hydrogens is 226 g/mol. The Morgan fingerprint density at radius 2 is 2.22 bits per heavy atom. The number of carbonyl (C=O) groups excluding carboxylic acids is 1. The monoisotopic (exact) mass is 249 g/mol. The molecule has 0 atom stereocenters. The SMILES string of the molecule is CCC1(C(=O)NCc2ccn(C)c2)CCNCC1. The van der Waals surface area contributed by atoms with E-state index in [4.69, 9.17) is 0 Å². The zero-order valence-corrected chi connectivity index (χ0v) is 11.3. The summed E-state index contributed by atoms with van der Waals surface area (Å²) in [5.41, 5.74) is 1.01. The molecule has 0 radical (unpaired) electrons. The van der Waals surface area contributed by atoms with Gasteiger partial charge in [-0.3, -0.25) is 4.79 Å². The van der Waals surface area contributed by atoms with Crippen LogP contribution in [0, 0.1) is 5.41 Å². The summed E-state index contributed by atoms with van der Waals surface area (Å²) >= 11 is 0. The summed E-state index contributed by atoms with van der Waals surface area (Å²) in [7, 11) is 1.99. The molecule has 1 amide bonds. The molecule has 0 saturated carbocycles. The molecule has 4 nitrogen and oxygen atoms in total. The molecule has 2 rings (SSSR count). The van der Waals surface area contributed by atoms with Crippen LogP contribution in [-0.2, 0) is 18.4 Å². The first-order chi connectivity index (χ1) is 8.66. The number of hydrogen-bond donors (Lipinski definition) is 2. The molecule has 1 aliphatic rings. The van der Waals surface area contributed by atoms with E-state index in [0.29, 0.717) is 6.54 Å². The van der Waals surface area contributed by atoms with Crippen LogP contribution in [0.15, 0.2) is 18.5 Å². The quantitative estimate of drug-likeness (QED) is 0.848. The van der Waals surface area contributed by atoms with Gasteiger partial charge >= 0.3 is 0 Å². The van der Waals surface area contributed by atoms with E-state index in [9.17, 15) is 4.79 Å². The molecule has 18 heavy (non-hydrogen) atoms. The fourth-order valence-corrected chi connectivity index (χ4v) is 2.68. The van der Waals surface area contributed by atoms with Crippen molar-refractivity contribution in [3.05, 3.63) is 24.0 Å². The largest absolute Gasteiger partial charge is 0.357 e. The number of aromatic nitrogens is 1. The lowest BCUT2D eigenvalue weighted by Crippen LogP contribution is -2.47. The minimum atomic E-state index is -0.153. The van der Waals surface area contributed by atoms with Crippen molar-refractivity contribution >= 4 is 5.91 Å². The molecule has 0 aromatic carbocycles. The predicted molar refractivity (Wildman–Crippen MR) is 72.1 cm³/mol. The van der Waals surface area contributed by atoms with Gasteiger partial charge in [-0.1, -0.05) is 6.92 Å². The topological polar surface area (TPSA) is 46.1 Å². The molecule has 2 heterocycles. The third-order valence-electron chi connectivity index (χ3n) is 4.07. The van der Waals surface area contributed by atoms with Crippen molar-refractivity contribution < 1.29 is 4.79 Å². The van der Waals surface area contributed by atoms with Crippen molar-refractivity contribution in [3.63, 3.8) is 0 Å². The van der Waals surface area contributed by atoms with Gasteiger partial charge in [0.2, 0.25) is 5.91 Å². The molecule has 100 valence electrons. The summed E-state index contributed by atoms with van der Waals surface area (Å²) in [6.07, 6.45) is 6.87. The molecule has 0 spiro atoms. The van der Waals surface area contributed by atoms with Crippen molar-refractivity contribution in [1.29, 1.82) is 0 Å².